The summed E-state index contributed by atoms with van der Waals surface area (Å²) in [7, 11) is 1.89. The minimum atomic E-state index is -4.61. The van der Waals surface area contributed by atoms with Crippen molar-refractivity contribution in [3.63, 3.8) is 0 Å². The van der Waals surface area contributed by atoms with E-state index in [9.17, 15) is 22.8 Å². The number of hydrogen-bond donors (Lipinski definition) is 2. The van der Waals surface area contributed by atoms with Crippen LogP contribution >= 0.6 is 0 Å². The number of nitrogens with zero attached hydrogens (tertiary/aromatic N) is 4. The van der Waals surface area contributed by atoms with Crippen LogP contribution in [0.25, 0.3) is 0 Å². The van der Waals surface area contributed by atoms with Gasteiger partial charge < -0.3 is 19.8 Å². The van der Waals surface area contributed by atoms with E-state index in [-0.39, 0.29) is 17.5 Å². The SMILES string of the molecule is CC(C)CCNCc1cc(C(=O)Nc2cccc(C3(c4nncn4C)CC(C)(C)C3)c2)c(=O)n(CC(F)(F)F)c1. The summed E-state index contributed by atoms with van der Waals surface area (Å²) < 4.78 is 42.2. The van der Waals surface area contributed by atoms with Gasteiger partial charge >= 0.3 is 6.18 Å². The maximum Gasteiger partial charge on any atom is 0.406 e. The highest BCUT2D eigenvalue weighted by atomic mass is 19.4. The predicted octanol–water partition coefficient (Wildman–Crippen LogP) is 5.03. The quantitative estimate of drug-likeness (QED) is 0.341. The Morgan fingerprint density at radius 1 is 1.18 bits per heavy atom. The van der Waals surface area contributed by atoms with Gasteiger partial charge in [0.15, 0.2) is 0 Å². The van der Waals surface area contributed by atoms with Crippen molar-refractivity contribution in [1.29, 1.82) is 0 Å². The minimum Gasteiger partial charge on any atom is -0.322 e. The van der Waals surface area contributed by atoms with E-state index in [0.717, 1.165) is 30.7 Å². The third-order valence-corrected chi connectivity index (χ3v) is 7.34. The summed E-state index contributed by atoms with van der Waals surface area (Å²) in [5.74, 6) is 0.523. The van der Waals surface area contributed by atoms with E-state index in [4.69, 9.17) is 0 Å². The number of aryl methyl sites for hydroxylation is 1. The van der Waals surface area contributed by atoms with Crippen molar-refractivity contribution in [2.24, 2.45) is 18.4 Å². The highest BCUT2D eigenvalue weighted by molar-refractivity contribution is 6.04. The van der Waals surface area contributed by atoms with Crippen LogP contribution in [0.15, 0.2) is 47.7 Å². The Balaban J connectivity index is 1.62. The first-order valence-electron chi connectivity index (χ1n) is 13.5. The smallest absolute Gasteiger partial charge is 0.322 e. The van der Waals surface area contributed by atoms with Crippen molar-refractivity contribution in [1.82, 2.24) is 24.6 Å². The number of alkyl halides is 3. The Kier molecular flexibility index (Phi) is 8.26. The molecule has 8 nitrogen and oxygen atoms in total. The monoisotopic (exact) mass is 558 g/mol. The van der Waals surface area contributed by atoms with E-state index in [2.05, 4.69) is 48.5 Å². The molecule has 1 aromatic carbocycles. The summed E-state index contributed by atoms with van der Waals surface area (Å²) in [5, 5.41) is 14.4. The fourth-order valence-electron chi connectivity index (χ4n) is 5.77. The van der Waals surface area contributed by atoms with E-state index < -0.39 is 29.6 Å². The molecule has 1 aliphatic rings. The van der Waals surface area contributed by atoms with E-state index in [1.54, 1.807) is 12.4 Å². The zero-order valence-corrected chi connectivity index (χ0v) is 23.6. The van der Waals surface area contributed by atoms with Gasteiger partial charge in [-0.25, -0.2) is 0 Å². The van der Waals surface area contributed by atoms with Gasteiger partial charge in [-0.1, -0.05) is 39.8 Å². The first-order chi connectivity index (χ1) is 18.7. The Morgan fingerprint density at radius 3 is 2.50 bits per heavy atom. The van der Waals surface area contributed by atoms with E-state index >= 15 is 0 Å². The van der Waals surface area contributed by atoms with E-state index in [0.29, 0.717) is 28.3 Å². The van der Waals surface area contributed by atoms with Gasteiger partial charge in [-0.15, -0.1) is 10.2 Å². The highest BCUT2D eigenvalue weighted by Gasteiger charge is 2.53. The average Bonchev–Trinajstić information content (AvgIpc) is 3.27. The van der Waals surface area contributed by atoms with E-state index in [1.807, 2.05) is 29.8 Å². The van der Waals surface area contributed by atoms with Crippen molar-refractivity contribution in [3.05, 3.63) is 75.7 Å². The molecule has 0 bridgehead atoms. The number of carbonyl (C=O) groups excluding carboxylic acids is 1. The number of aromatic nitrogens is 4. The van der Waals surface area contributed by atoms with Crippen LogP contribution in [0.3, 0.4) is 0 Å². The molecule has 0 spiro atoms. The summed E-state index contributed by atoms with van der Waals surface area (Å²) in [6.07, 6.45) is 0.762. The van der Waals surface area contributed by atoms with E-state index in [1.165, 1.54) is 12.3 Å². The zero-order chi connectivity index (χ0) is 29.3. The van der Waals surface area contributed by atoms with Gasteiger partial charge in [-0.2, -0.15) is 13.2 Å². The molecular weight excluding hydrogens is 521 g/mol. The topological polar surface area (TPSA) is 93.8 Å². The fraction of sp³-hybridized carbons (Fsp3) is 0.517. The van der Waals surface area contributed by atoms with Gasteiger partial charge in [0.2, 0.25) is 0 Å². The zero-order valence-electron chi connectivity index (χ0n) is 23.6. The third-order valence-electron chi connectivity index (χ3n) is 7.34. The molecule has 1 aliphatic carbocycles. The molecule has 40 heavy (non-hydrogen) atoms. The standard InChI is InChI=1S/C29H37F3N6O2/c1-19(2)9-10-33-13-20-11-23(25(40)38(14-20)17-29(30,31)32)24(39)35-22-8-6-7-21(12-22)28(15-27(3,4)16-28)26-36-34-18-37(26)5/h6-8,11-12,14,18-19,33H,9-10,13,15-17H2,1-5H3,(H,35,39). The van der Waals surface area contributed by atoms with Crippen molar-refractivity contribution < 1.29 is 18.0 Å². The van der Waals surface area contributed by atoms with Gasteiger partial charge in [-0.05, 0) is 66.5 Å². The Labute approximate surface area is 232 Å². The lowest BCUT2D eigenvalue weighted by atomic mass is 9.51. The molecular formula is C29H37F3N6O2. The van der Waals surface area contributed by atoms with Crippen LogP contribution in [-0.2, 0) is 25.6 Å². The van der Waals surface area contributed by atoms with Crippen LogP contribution in [0.1, 0.15) is 74.3 Å². The second kappa shape index (κ2) is 11.2. The van der Waals surface area contributed by atoms with Crippen LogP contribution in [0, 0.1) is 11.3 Å². The van der Waals surface area contributed by atoms with Crippen LogP contribution in [0.2, 0.25) is 0 Å². The number of benzene rings is 1. The third kappa shape index (κ3) is 6.63. The molecule has 1 fully saturated rings. The Hall–Kier alpha value is -3.47. The first-order valence-corrected chi connectivity index (χ1v) is 13.5. The minimum absolute atomic E-state index is 0.0956. The Bertz CT molecular complexity index is 1420. The van der Waals surface area contributed by atoms with Crippen LogP contribution in [0.4, 0.5) is 18.9 Å². The average molecular weight is 559 g/mol. The van der Waals surface area contributed by atoms with Gasteiger partial charge in [0.25, 0.3) is 11.5 Å². The molecule has 0 aliphatic heterocycles. The number of anilines is 1. The number of pyridine rings is 1. The second-order valence-electron chi connectivity index (χ2n) is 12.1. The molecule has 216 valence electrons. The molecule has 0 radical (unpaired) electrons. The van der Waals surface area contributed by atoms with Crippen LogP contribution < -0.4 is 16.2 Å². The summed E-state index contributed by atoms with van der Waals surface area (Å²) in [5.41, 5.74) is 0.173. The molecule has 11 heteroatoms. The summed E-state index contributed by atoms with van der Waals surface area (Å²) in [4.78, 5) is 26.3. The fourth-order valence-corrected chi connectivity index (χ4v) is 5.77. The molecule has 2 N–H and O–H groups in total. The summed E-state index contributed by atoms with van der Waals surface area (Å²) >= 11 is 0. The van der Waals surface area contributed by atoms with Crippen LogP contribution in [0.5, 0.6) is 0 Å². The first kappa shape index (κ1) is 29.5. The lowest BCUT2D eigenvalue weighted by Gasteiger charge is -2.52. The van der Waals surface area contributed by atoms with Gasteiger partial charge in [-0.3, -0.25) is 9.59 Å². The van der Waals surface area contributed by atoms with Gasteiger partial charge in [0.1, 0.15) is 24.3 Å². The van der Waals surface area contributed by atoms with Gasteiger partial charge in [0, 0.05) is 25.5 Å². The molecule has 4 rings (SSSR count). The number of carbonyl (C=O) groups is 1. The lowest BCUT2D eigenvalue weighted by molar-refractivity contribution is -0.141. The number of hydrogen-bond acceptors (Lipinski definition) is 5. The second-order valence-corrected chi connectivity index (χ2v) is 12.1. The number of rotatable bonds is 10. The van der Waals surface area contributed by atoms with Gasteiger partial charge in [0.05, 0.1) is 5.41 Å². The largest absolute Gasteiger partial charge is 0.406 e. The van der Waals surface area contributed by atoms with Crippen molar-refractivity contribution >= 4 is 11.6 Å². The van der Waals surface area contributed by atoms with Crippen molar-refractivity contribution in [2.45, 2.75) is 71.6 Å². The molecule has 0 saturated heterocycles. The molecule has 2 aromatic heterocycles. The Morgan fingerprint density at radius 2 is 1.90 bits per heavy atom. The highest BCUT2D eigenvalue weighted by Crippen LogP contribution is 2.58. The normalized spacial score (nSPS) is 16.1. The maximum atomic E-state index is 13.3. The number of nitrogens with one attached hydrogen (secondary N) is 2. The number of amides is 1. The maximum absolute atomic E-state index is 13.3. The molecule has 0 unspecified atom stereocenters. The molecule has 3 aromatic rings. The lowest BCUT2D eigenvalue weighted by Crippen LogP contribution is -2.49. The molecule has 1 saturated carbocycles. The van der Waals surface area contributed by atoms with Crippen molar-refractivity contribution in [3.8, 4) is 0 Å². The predicted molar refractivity (Wildman–Crippen MR) is 147 cm³/mol. The number of halogens is 3. The summed E-state index contributed by atoms with van der Waals surface area (Å²) in [6.45, 7) is 7.93. The molecule has 1 amide bonds. The van der Waals surface area contributed by atoms with Crippen molar-refractivity contribution in [2.75, 3.05) is 11.9 Å². The molecule has 2 heterocycles. The molecule has 0 atom stereocenters. The van der Waals surface area contributed by atoms with Crippen LogP contribution in [-0.4, -0.2) is 38.0 Å². The summed E-state index contributed by atoms with van der Waals surface area (Å²) in [6, 6.07) is 8.69.